The molecule has 1 aliphatic heterocycles. The third-order valence-electron chi connectivity index (χ3n) is 5.63. The standard InChI is InChI=1S/C21H30N2O4/c1-26-18-11-10-17(13-19(18)27-2)23-14-15(12-20(23)24)21(25)22-16-8-6-4-3-5-7-9-16/h10-11,13,15-16H,3-9,12,14H2,1-2H3,(H,22,25). The van der Waals surface area contributed by atoms with E-state index in [0.29, 0.717) is 18.0 Å². The fourth-order valence-electron chi connectivity index (χ4n) is 4.05. The van der Waals surface area contributed by atoms with Gasteiger partial charge in [0, 0.05) is 30.8 Å². The van der Waals surface area contributed by atoms with E-state index in [2.05, 4.69) is 5.32 Å². The van der Waals surface area contributed by atoms with Crippen LogP contribution in [0.25, 0.3) is 0 Å². The number of benzene rings is 1. The van der Waals surface area contributed by atoms with Gasteiger partial charge in [-0.3, -0.25) is 9.59 Å². The summed E-state index contributed by atoms with van der Waals surface area (Å²) in [6.07, 6.45) is 8.50. The molecular formula is C21H30N2O4. The third-order valence-corrected chi connectivity index (χ3v) is 5.63. The molecule has 0 bridgehead atoms. The van der Waals surface area contributed by atoms with Gasteiger partial charge in [0.1, 0.15) is 0 Å². The summed E-state index contributed by atoms with van der Waals surface area (Å²) in [7, 11) is 3.15. The lowest BCUT2D eigenvalue weighted by Crippen LogP contribution is -2.40. The van der Waals surface area contributed by atoms with Gasteiger partial charge in [-0.15, -0.1) is 0 Å². The van der Waals surface area contributed by atoms with Crippen molar-refractivity contribution in [2.45, 2.75) is 57.4 Å². The molecule has 1 aromatic rings. The lowest BCUT2D eigenvalue weighted by molar-refractivity contribution is -0.127. The summed E-state index contributed by atoms with van der Waals surface area (Å²) in [5.41, 5.74) is 0.735. The molecule has 0 radical (unpaired) electrons. The van der Waals surface area contributed by atoms with Gasteiger partial charge in [0.05, 0.1) is 20.1 Å². The molecule has 148 valence electrons. The van der Waals surface area contributed by atoms with Crippen molar-refractivity contribution in [3.05, 3.63) is 18.2 Å². The number of amides is 2. The van der Waals surface area contributed by atoms with Crippen LogP contribution in [0.1, 0.15) is 51.4 Å². The summed E-state index contributed by atoms with van der Waals surface area (Å²) < 4.78 is 10.6. The Morgan fingerprint density at radius 2 is 1.70 bits per heavy atom. The maximum absolute atomic E-state index is 12.7. The topological polar surface area (TPSA) is 67.9 Å². The summed E-state index contributed by atoms with van der Waals surface area (Å²) in [5.74, 6) is 0.879. The van der Waals surface area contributed by atoms with Crippen molar-refractivity contribution in [3.63, 3.8) is 0 Å². The number of rotatable bonds is 5. The molecule has 0 spiro atoms. The molecule has 27 heavy (non-hydrogen) atoms. The molecule has 2 fully saturated rings. The number of hydrogen-bond donors (Lipinski definition) is 1. The van der Waals surface area contributed by atoms with Crippen LogP contribution in [0.4, 0.5) is 5.69 Å². The number of hydrogen-bond acceptors (Lipinski definition) is 4. The van der Waals surface area contributed by atoms with E-state index in [1.54, 1.807) is 31.3 Å². The molecule has 0 aromatic heterocycles. The highest BCUT2D eigenvalue weighted by atomic mass is 16.5. The number of ether oxygens (including phenoxy) is 2. The Kier molecular flexibility index (Phi) is 6.58. The lowest BCUT2D eigenvalue weighted by atomic mass is 9.96. The maximum atomic E-state index is 12.7. The second-order valence-electron chi connectivity index (χ2n) is 7.50. The van der Waals surface area contributed by atoms with Crippen LogP contribution < -0.4 is 19.7 Å². The molecule has 2 aliphatic rings. The number of anilines is 1. The minimum absolute atomic E-state index is 0.0110. The largest absolute Gasteiger partial charge is 0.493 e. The van der Waals surface area contributed by atoms with E-state index in [1.165, 1.54) is 32.1 Å². The van der Waals surface area contributed by atoms with Gasteiger partial charge in [-0.05, 0) is 25.0 Å². The Hall–Kier alpha value is -2.24. The van der Waals surface area contributed by atoms with E-state index in [1.807, 2.05) is 6.07 Å². The molecule has 1 atom stereocenters. The smallest absolute Gasteiger partial charge is 0.227 e. The van der Waals surface area contributed by atoms with Gasteiger partial charge in [-0.2, -0.15) is 0 Å². The molecule has 1 aromatic carbocycles. The number of carbonyl (C=O) groups is 2. The van der Waals surface area contributed by atoms with E-state index in [0.717, 1.165) is 18.5 Å². The first-order chi connectivity index (χ1) is 13.1. The van der Waals surface area contributed by atoms with Crippen LogP contribution >= 0.6 is 0 Å². The van der Waals surface area contributed by atoms with Crippen LogP contribution in [0.2, 0.25) is 0 Å². The van der Waals surface area contributed by atoms with Crippen molar-refractivity contribution >= 4 is 17.5 Å². The van der Waals surface area contributed by atoms with Gasteiger partial charge < -0.3 is 19.7 Å². The van der Waals surface area contributed by atoms with E-state index in [9.17, 15) is 9.59 Å². The zero-order chi connectivity index (χ0) is 19.2. The summed E-state index contributed by atoms with van der Waals surface area (Å²) in [6, 6.07) is 5.65. The van der Waals surface area contributed by atoms with Crippen molar-refractivity contribution in [2.24, 2.45) is 5.92 Å². The maximum Gasteiger partial charge on any atom is 0.227 e. The van der Waals surface area contributed by atoms with Crippen LogP contribution in [0.5, 0.6) is 11.5 Å². The van der Waals surface area contributed by atoms with Gasteiger partial charge >= 0.3 is 0 Å². The van der Waals surface area contributed by atoms with E-state index in [4.69, 9.17) is 9.47 Å². The summed E-state index contributed by atoms with van der Waals surface area (Å²) in [4.78, 5) is 26.9. The minimum Gasteiger partial charge on any atom is -0.493 e. The van der Waals surface area contributed by atoms with Gasteiger partial charge in [-0.1, -0.05) is 32.1 Å². The average Bonchev–Trinajstić information content (AvgIpc) is 3.05. The molecule has 1 saturated carbocycles. The predicted octanol–water partition coefficient (Wildman–Crippen LogP) is 3.29. The summed E-state index contributed by atoms with van der Waals surface area (Å²) in [5, 5.41) is 3.20. The third kappa shape index (κ3) is 4.73. The van der Waals surface area contributed by atoms with E-state index in [-0.39, 0.29) is 30.2 Å². The van der Waals surface area contributed by atoms with Gasteiger partial charge in [-0.25, -0.2) is 0 Å². The van der Waals surface area contributed by atoms with Crippen molar-refractivity contribution < 1.29 is 19.1 Å². The fraction of sp³-hybridized carbons (Fsp3) is 0.619. The Labute approximate surface area is 161 Å². The molecule has 6 heteroatoms. The normalized spacial score (nSPS) is 21.5. The molecule has 3 rings (SSSR count). The van der Waals surface area contributed by atoms with Gasteiger partial charge in [0.15, 0.2) is 11.5 Å². The van der Waals surface area contributed by atoms with Crippen LogP contribution in [-0.4, -0.2) is 38.6 Å². The molecule has 6 nitrogen and oxygen atoms in total. The van der Waals surface area contributed by atoms with Crippen molar-refractivity contribution in [3.8, 4) is 11.5 Å². The highest BCUT2D eigenvalue weighted by molar-refractivity contribution is 6.00. The van der Waals surface area contributed by atoms with E-state index < -0.39 is 0 Å². The molecule has 1 unspecified atom stereocenters. The number of methoxy groups -OCH3 is 2. The lowest BCUT2D eigenvalue weighted by Gasteiger charge is -2.23. The van der Waals surface area contributed by atoms with Crippen LogP contribution in [0, 0.1) is 5.92 Å². The summed E-state index contributed by atoms with van der Waals surface area (Å²) in [6.45, 7) is 0.410. The van der Waals surface area contributed by atoms with Gasteiger partial charge in [0.25, 0.3) is 0 Å². The first kappa shape index (κ1) is 19.5. The van der Waals surface area contributed by atoms with E-state index >= 15 is 0 Å². The zero-order valence-corrected chi connectivity index (χ0v) is 16.3. The van der Waals surface area contributed by atoms with Crippen LogP contribution in [0.3, 0.4) is 0 Å². The van der Waals surface area contributed by atoms with Crippen LogP contribution in [-0.2, 0) is 9.59 Å². The van der Waals surface area contributed by atoms with Crippen LogP contribution in [0.15, 0.2) is 18.2 Å². The number of carbonyl (C=O) groups excluding carboxylic acids is 2. The van der Waals surface area contributed by atoms with Crippen molar-refractivity contribution in [1.82, 2.24) is 5.32 Å². The summed E-state index contributed by atoms with van der Waals surface area (Å²) >= 11 is 0. The second kappa shape index (κ2) is 9.11. The van der Waals surface area contributed by atoms with Crippen molar-refractivity contribution in [2.75, 3.05) is 25.7 Å². The molecular weight excluding hydrogens is 344 g/mol. The molecule has 1 aliphatic carbocycles. The molecule has 1 saturated heterocycles. The Morgan fingerprint density at radius 3 is 2.37 bits per heavy atom. The Morgan fingerprint density at radius 1 is 1.04 bits per heavy atom. The number of nitrogens with one attached hydrogen (secondary N) is 1. The minimum atomic E-state index is -0.295. The van der Waals surface area contributed by atoms with Gasteiger partial charge in [0.2, 0.25) is 11.8 Å². The molecule has 1 heterocycles. The van der Waals surface area contributed by atoms with Crippen molar-refractivity contribution in [1.29, 1.82) is 0 Å². The SMILES string of the molecule is COc1ccc(N2CC(C(=O)NC3CCCCCCC3)CC2=O)cc1OC. The highest BCUT2D eigenvalue weighted by Gasteiger charge is 2.36. The Balaban J connectivity index is 1.63. The Bertz CT molecular complexity index is 668. The first-order valence-electron chi connectivity index (χ1n) is 9.95. The fourth-order valence-corrected chi connectivity index (χ4v) is 4.05. The highest BCUT2D eigenvalue weighted by Crippen LogP contribution is 2.34. The molecule has 2 amide bonds. The molecule has 1 N–H and O–H groups in total. The monoisotopic (exact) mass is 374 g/mol. The predicted molar refractivity (Wildman–Crippen MR) is 104 cm³/mol. The number of nitrogens with zero attached hydrogens (tertiary/aromatic N) is 1. The second-order valence-corrected chi connectivity index (χ2v) is 7.50. The average molecular weight is 374 g/mol. The quantitative estimate of drug-likeness (QED) is 0.859. The zero-order valence-electron chi connectivity index (χ0n) is 16.3. The first-order valence-corrected chi connectivity index (χ1v) is 9.95.